The highest BCUT2D eigenvalue weighted by atomic mass is 79.9. The fourth-order valence-corrected chi connectivity index (χ4v) is 4.34. The predicted molar refractivity (Wildman–Crippen MR) is 93.9 cm³/mol. The average molecular weight is 361 g/mol. The summed E-state index contributed by atoms with van der Waals surface area (Å²) in [6, 6.07) is 12.9. The molecule has 108 valence electrons. The fourth-order valence-electron chi connectivity index (χ4n) is 2.61. The molecule has 1 N–H and O–H groups in total. The molecule has 0 radical (unpaired) electrons. The molecule has 2 nitrogen and oxygen atoms in total. The first-order valence-electron chi connectivity index (χ1n) is 7.08. The van der Waals surface area contributed by atoms with E-state index in [4.69, 9.17) is 0 Å². The van der Waals surface area contributed by atoms with Crippen LogP contribution < -0.4 is 5.32 Å². The van der Waals surface area contributed by atoms with E-state index in [1.807, 2.05) is 12.3 Å². The molecule has 0 spiro atoms. The molecule has 2 aromatic heterocycles. The van der Waals surface area contributed by atoms with E-state index in [2.05, 4.69) is 68.9 Å². The van der Waals surface area contributed by atoms with Gasteiger partial charge < -0.3 is 5.32 Å². The van der Waals surface area contributed by atoms with Crippen molar-refractivity contribution in [3.63, 3.8) is 0 Å². The van der Waals surface area contributed by atoms with Crippen LogP contribution in [0.25, 0.3) is 10.9 Å². The lowest BCUT2D eigenvalue weighted by molar-refractivity contribution is 0.558. The molecule has 21 heavy (non-hydrogen) atoms. The van der Waals surface area contributed by atoms with Crippen LogP contribution in [-0.4, -0.2) is 11.5 Å². The van der Waals surface area contributed by atoms with E-state index < -0.39 is 0 Å². The van der Waals surface area contributed by atoms with Crippen molar-refractivity contribution >= 4 is 38.2 Å². The Balaban J connectivity index is 1.97. The molecular weight excluding hydrogens is 344 g/mol. The highest BCUT2D eigenvalue weighted by molar-refractivity contribution is 9.10. The number of pyridine rings is 1. The fraction of sp³-hybridized carbons (Fsp3) is 0.235. The van der Waals surface area contributed by atoms with E-state index in [-0.39, 0.29) is 0 Å². The Morgan fingerprint density at radius 2 is 2.10 bits per heavy atom. The van der Waals surface area contributed by atoms with Gasteiger partial charge in [0.25, 0.3) is 0 Å². The van der Waals surface area contributed by atoms with E-state index in [0.29, 0.717) is 6.04 Å². The van der Waals surface area contributed by atoms with E-state index in [1.165, 1.54) is 20.3 Å². The summed E-state index contributed by atoms with van der Waals surface area (Å²) >= 11 is 5.46. The quantitative estimate of drug-likeness (QED) is 0.695. The molecule has 3 rings (SSSR count). The Hall–Kier alpha value is -1.23. The van der Waals surface area contributed by atoms with Gasteiger partial charge in [-0.3, -0.25) is 4.98 Å². The summed E-state index contributed by atoms with van der Waals surface area (Å²) in [7, 11) is 0. The Bertz CT molecular complexity index is 733. The number of hydrogen-bond donors (Lipinski definition) is 1. The van der Waals surface area contributed by atoms with Crippen LogP contribution in [0.3, 0.4) is 0 Å². The van der Waals surface area contributed by atoms with Gasteiger partial charge in [-0.2, -0.15) is 0 Å². The largest absolute Gasteiger partial charge is 0.309 e. The average Bonchev–Trinajstić information content (AvgIpc) is 2.93. The summed E-state index contributed by atoms with van der Waals surface area (Å²) in [5.74, 6) is 0. The van der Waals surface area contributed by atoms with Crippen molar-refractivity contribution in [1.29, 1.82) is 0 Å². The number of halogens is 1. The van der Waals surface area contributed by atoms with Gasteiger partial charge in [0.1, 0.15) is 0 Å². The molecule has 0 bridgehead atoms. The van der Waals surface area contributed by atoms with E-state index in [0.717, 1.165) is 18.5 Å². The molecule has 2 heterocycles. The summed E-state index contributed by atoms with van der Waals surface area (Å²) in [6.07, 6.45) is 2.88. The lowest BCUT2D eigenvalue weighted by Crippen LogP contribution is -2.22. The van der Waals surface area contributed by atoms with E-state index in [1.54, 1.807) is 11.3 Å². The van der Waals surface area contributed by atoms with Crippen LogP contribution in [0.5, 0.6) is 0 Å². The van der Waals surface area contributed by atoms with Gasteiger partial charge in [-0.05, 0) is 58.0 Å². The molecule has 4 heteroatoms. The number of likely N-dealkylation sites (N-methyl/N-ethyl adjacent to an activating group) is 1. The normalized spacial score (nSPS) is 12.7. The van der Waals surface area contributed by atoms with Crippen molar-refractivity contribution in [3.8, 4) is 0 Å². The Kier molecular flexibility index (Phi) is 4.68. The second-order valence-corrected chi connectivity index (χ2v) is 6.74. The molecule has 0 saturated carbocycles. The number of thiophene rings is 1. The first-order chi connectivity index (χ1) is 10.3. The van der Waals surface area contributed by atoms with E-state index >= 15 is 0 Å². The van der Waals surface area contributed by atoms with Crippen molar-refractivity contribution in [3.05, 3.63) is 62.9 Å². The molecule has 3 aromatic rings. The van der Waals surface area contributed by atoms with Crippen LogP contribution >= 0.6 is 27.3 Å². The number of para-hydroxylation sites is 1. The highest BCUT2D eigenvalue weighted by Gasteiger charge is 2.16. The number of rotatable bonds is 5. The van der Waals surface area contributed by atoms with Crippen LogP contribution in [-0.2, 0) is 6.42 Å². The van der Waals surface area contributed by atoms with Crippen LogP contribution in [0, 0.1) is 0 Å². The van der Waals surface area contributed by atoms with Gasteiger partial charge in [-0.1, -0.05) is 25.1 Å². The van der Waals surface area contributed by atoms with Gasteiger partial charge in [0.2, 0.25) is 0 Å². The highest BCUT2D eigenvalue weighted by Crippen LogP contribution is 2.32. The number of fused-ring (bicyclic) bond motifs is 1. The summed E-state index contributed by atoms with van der Waals surface area (Å²) in [6.45, 7) is 3.11. The van der Waals surface area contributed by atoms with Crippen molar-refractivity contribution in [2.45, 2.75) is 19.4 Å². The van der Waals surface area contributed by atoms with E-state index in [9.17, 15) is 0 Å². The number of nitrogens with one attached hydrogen (secondary N) is 1. The van der Waals surface area contributed by atoms with Gasteiger partial charge in [-0.15, -0.1) is 11.3 Å². The summed E-state index contributed by atoms with van der Waals surface area (Å²) in [5.41, 5.74) is 2.40. The number of aromatic nitrogens is 1. The number of hydrogen-bond acceptors (Lipinski definition) is 3. The first kappa shape index (κ1) is 14.7. The van der Waals surface area contributed by atoms with Crippen LogP contribution in [0.2, 0.25) is 0 Å². The second kappa shape index (κ2) is 6.69. The molecule has 1 unspecified atom stereocenters. The zero-order valence-electron chi connectivity index (χ0n) is 11.8. The van der Waals surface area contributed by atoms with Crippen LogP contribution in [0.15, 0.2) is 52.4 Å². The van der Waals surface area contributed by atoms with Gasteiger partial charge in [-0.25, -0.2) is 0 Å². The molecule has 0 fully saturated rings. The molecule has 1 atom stereocenters. The van der Waals surface area contributed by atoms with Crippen LogP contribution in [0.1, 0.15) is 23.4 Å². The lowest BCUT2D eigenvalue weighted by Gasteiger charge is -2.18. The lowest BCUT2D eigenvalue weighted by atomic mass is 10.0. The standard InChI is InChI=1S/C17H17BrN2S/c1-2-19-16(17-14(18)8-10-21-17)11-12-7-9-20-15-6-4-3-5-13(12)15/h3-10,16,19H,2,11H2,1H3. The Morgan fingerprint density at radius 1 is 1.24 bits per heavy atom. The number of benzene rings is 1. The van der Waals surface area contributed by atoms with Gasteiger partial charge in [0.05, 0.1) is 5.52 Å². The molecular formula is C17H17BrN2S. The zero-order valence-corrected chi connectivity index (χ0v) is 14.2. The summed E-state index contributed by atoms with van der Waals surface area (Å²) in [4.78, 5) is 5.81. The number of nitrogens with zero attached hydrogens (tertiary/aromatic N) is 1. The third-order valence-electron chi connectivity index (χ3n) is 3.58. The molecule has 0 aliphatic carbocycles. The molecule has 0 amide bonds. The molecule has 1 aromatic carbocycles. The minimum Gasteiger partial charge on any atom is -0.309 e. The van der Waals surface area contributed by atoms with Gasteiger partial charge >= 0.3 is 0 Å². The third-order valence-corrected chi connectivity index (χ3v) is 5.56. The monoisotopic (exact) mass is 360 g/mol. The Morgan fingerprint density at radius 3 is 2.86 bits per heavy atom. The minimum atomic E-state index is 0.329. The summed E-state index contributed by atoms with van der Waals surface area (Å²) in [5, 5.41) is 6.98. The SMILES string of the molecule is CCNC(Cc1ccnc2ccccc12)c1sccc1Br. The summed E-state index contributed by atoms with van der Waals surface area (Å²) < 4.78 is 1.19. The topological polar surface area (TPSA) is 24.9 Å². The van der Waals surface area contributed by atoms with Crippen molar-refractivity contribution in [2.75, 3.05) is 6.54 Å². The van der Waals surface area contributed by atoms with Crippen molar-refractivity contribution < 1.29 is 0 Å². The second-order valence-electron chi connectivity index (χ2n) is 4.93. The van der Waals surface area contributed by atoms with Crippen molar-refractivity contribution in [1.82, 2.24) is 10.3 Å². The third kappa shape index (κ3) is 3.18. The smallest absolute Gasteiger partial charge is 0.0704 e. The maximum Gasteiger partial charge on any atom is 0.0704 e. The van der Waals surface area contributed by atoms with Crippen molar-refractivity contribution in [2.24, 2.45) is 0 Å². The van der Waals surface area contributed by atoms with Gasteiger partial charge in [0, 0.05) is 27.0 Å². The van der Waals surface area contributed by atoms with Gasteiger partial charge in [0.15, 0.2) is 0 Å². The molecule has 0 saturated heterocycles. The van der Waals surface area contributed by atoms with Crippen LogP contribution in [0.4, 0.5) is 0 Å². The molecule has 0 aliphatic rings. The zero-order chi connectivity index (χ0) is 14.7. The maximum atomic E-state index is 4.45. The minimum absolute atomic E-state index is 0.329. The maximum absolute atomic E-state index is 4.45. The predicted octanol–water partition coefficient (Wildman–Crippen LogP) is 4.95. The molecule has 0 aliphatic heterocycles. The Labute approximate surface area is 137 Å². The first-order valence-corrected chi connectivity index (χ1v) is 8.75.